The molecule has 1 N–H and O–H groups in total. The largest absolute Gasteiger partial charge is 0.427 e. The summed E-state index contributed by atoms with van der Waals surface area (Å²) in [6.07, 6.45) is 4.51. The molecule has 6 nitrogen and oxygen atoms in total. The number of carbonyl (C=O) groups excluding carboxylic acids is 2. The Labute approximate surface area is 224 Å². The zero-order chi connectivity index (χ0) is 26.9. The highest BCUT2D eigenvalue weighted by Crippen LogP contribution is 2.53. The molecule has 3 atom stereocenters. The first kappa shape index (κ1) is 26.1. The number of rotatable bonds is 6. The number of fused-ring (bicyclic) bond motifs is 2. The number of carbonyl (C=O) groups is 2. The second-order valence-corrected chi connectivity index (χ2v) is 10.9. The van der Waals surface area contributed by atoms with E-state index in [0.29, 0.717) is 37.1 Å². The van der Waals surface area contributed by atoms with Crippen LogP contribution in [-0.2, 0) is 10.2 Å². The Morgan fingerprint density at radius 3 is 2.66 bits per heavy atom. The van der Waals surface area contributed by atoms with Crippen LogP contribution in [0.4, 0.5) is 0 Å². The van der Waals surface area contributed by atoms with Gasteiger partial charge in [-0.1, -0.05) is 48.5 Å². The molecule has 1 saturated carbocycles. The molecule has 0 unspecified atom stereocenters. The van der Waals surface area contributed by atoms with Crippen molar-refractivity contribution in [3.8, 4) is 5.75 Å². The van der Waals surface area contributed by atoms with Gasteiger partial charge in [-0.2, -0.15) is 0 Å². The maximum absolute atomic E-state index is 13.7. The predicted molar refractivity (Wildman–Crippen MR) is 149 cm³/mol. The molecule has 1 amide bonds. The van der Waals surface area contributed by atoms with Crippen molar-refractivity contribution in [1.82, 2.24) is 9.80 Å². The zero-order valence-corrected chi connectivity index (χ0v) is 22.2. The summed E-state index contributed by atoms with van der Waals surface area (Å²) in [6.45, 7) is 7.33. The number of ether oxygens (including phenoxy) is 1. The number of aliphatic hydroxyl groups is 1. The lowest BCUT2D eigenvalue weighted by Gasteiger charge is -2.59. The van der Waals surface area contributed by atoms with Crippen LogP contribution < -0.4 is 4.74 Å². The van der Waals surface area contributed by atoms with Gasteiger partial charge in [0.15, 0.2) is 0 Å². The number of β-amino-alcohol motifs (C(OH)–C–C–N with tert-alkyl or cyclic N) is 1. The third kappa shape index (κ3) is 4.74. The van der Waals surface area contributed by atoms with Gasteiger partial charge >= 0.3 is 5.97 Å². The van der Waals surface area contributed by atoms with Gasteiger partial charge < -0.3 is 14.7 Å². The Balaban J connectivity index is 1.48. The molecule has 1 saturated heterocycles. The van der Waals surface area contributed by atoms with E-state index in [2.05, 4.69) is 11.5 Å². The third-order valence-corrected chi connectivity index (χ3v) is 8.61. The van der Waals surface area contributed by atoms with Gasteiger partial charge in [0.1, 0.15) is 5.75 Å². The van der Waals surface area contributed by atoms with E-state index < -0.39 is 11.0 Å². The first-order chi connectivity index (χ1) is 18.2. The van der Waals surface area contributed by atoms with Crippen LogP contribution in [0.3, 0.4) is 0 Å². The Morgan fingerprint density at radius 1 is 1.11 bits per heavy atom. The molecule has 0 aromatic heterocycles. The fourth-order valence-electron chi connectivity index (χ4n) is 6.62. The van der Waals surface area contributed by atoms with Crippen molar-refractivity contribution in [2.45, 2.75) is 49.7 Å². The molecule has 3 aromatic carbocycles. The average molecular weight is 513 g/mol. The number of piperidine rings is 1. The van der Waals surface area contributed by atoms with Gasteiger partial charge in [-0.25, -0.2) is 0 Å². The molecule has 38 heavy (non-hydrogen) atoms. The molecule has 2 fully saturated rings. The smallest absolute Gasteiger partial charge is 0.308 e. The third-order valence-electron chi connectivity index (χ3n) is 8.61. The van der Waals surface area contributed by atoms with Crippen molar-refractivity contribution in [3.05, 3.63) is 90.5 Å². The number of benzene rings is 3. The van der Waals surface area contributed by atoms with Crippen LogP contribution >= 0.6 is 0 Å². The van der Waals surface area contributed by atoms with E-state index in [4.69, 9.17) is 4.74 Å². The lowest BCUT2D eigenvalue weighted by Crippen LogP contribution is -2.67. The Kier molecular flexibility index (Phi) is 7.12. The average Bonchev–Trinajstić information content (AvgIpc) is 2.91. The second-order valence-electron chi connectivity index (χ2n) is 10.9. The SMILES string of the molecule is C=CCN1CC[C@@]2(c3cccc(OC(C)=O)c3)C[C@@H](N(C)C(=O)c3ccc4ccccc4c3)CC[C@]2(O)C1. The maximum atomic E-state index is 13.7. The van der Waals surface area contributed by atoms with Gasteiger partial charge in [0, 0.05) is 44.1 Å². The van der Waals surface area contributed by atoms with Crippen LogP contribution in [0, 0.1) is 0 Å². The van der Waals surface area contributed by atoms with Crippen LogP contribution in [0.1, 0.15) is 48.5 Å². The number of likely N-dealkylation sites (tertiary alicyclic amines) is 1. The highest BCUT2D eigenvalue weighted by molar-refractivity contribution is 5.98. The minimum absolute atomic E-state index is 0.0147. The van der Waals surface area contributed by atoms with E-state index in [9.17, 15) is 14.7 Å². The van der Waals surface area contributed by atoms with E-state index in [1.165, 1.54) is 6.92 Å². The summed E-state index contributed by atoms with van der Waals surface area (Å²) in [5, 5.41) is 14.4. The molecule has 0 spiro atoms. The van der Waals surface area contributed by atoms with Gasteiger partial charge in [-0.3, -0.25) is 14.5 Å². The van der Waals surface area contributed by atoms with Crippen molar-refractivity contribution in [3.63, 3.8) is 0 Å². The molecule has 198 valence electrons. The Hall–Kier alpha value is -3.48. The topological polar surface area (TPSA) is 70.1 Å². The normalized spacial score (nSPS) is 25.4. The van der Waals surface area contributed by atoms with E-state index in [-0.39, 0.29) is 17.9 Å². The summed E-state index contributed by atoms with van der Waals surface area (Å²) in [5.41, 5.74) is 0.0562. The zero-order valence-electron chi connectivity index (χ0n) is 22.2. The predicted octanol–water partition coefficient (Wildman–Crippen LogP) is 4.95. The quantitative estimate of drug-likeness (QED) is 0.288. The molecule has 1 heterocycles. The van der Waals surface area contributed by atoms with Crippen molar-refractivity contribution in [2.24, 2.45) is 0 Å². The van der Waals surface area contributed by atoms with Crippen LogP contribution in [-0.4, -0.2) is 65.1 Å². The molecule has 6 heteroatoms. The monoisotopic (exact) mass is 512 g/mol. The fraction of sp³-hybridized carbons (Fsp3) is 0.375. The van der Waals surface area contributed by atoms with Gasteiger partial charge in [-0.05, 0) is 72.8 Å². The lowest BCUT2D eigenvalue weighted by atomic mass is 9.55. The van der Waals surface area contributed by atoms with E-state index in [1.54, 1.807) is 6.07 Å². The van der Waals surface area contributed by atoms with Crippen molar-refractivity contribution < 1.29 is 19.4 Å². The van der Waals surface area contributed by atoms with Crippen LogP contribution in [0.2, 0.25) is 0 Å². The van der Waals surface area contributed by atoms with E-state index in [1.807, 2.05) is 78.7 Å². The highest BCUT2D eigenvalue weighted by Gasteiger charge is 2.58. The number of hydrogen-bond donors (Lipinski definition) is 1. The number of amides is 1. The number of esters is 1. The van der Waals surface area contributed by atoms with E-state index in [0.717, 1.165) is 35.8 Å². The number of nitrogens with zero attached hydrogens (tertiary/aromatic N) is 2. The van der Waals surface area contributed by atoms with Crippen LogP contribution in [0.5, 0.6) is 5.75 Å². The van der Waals surface area contributed by atoms with Gasteiger partial charge in [-0.15, -0.1) is 6.58 Å². The van der Waals surface area contributed by atoms with E-state index >= 15 is 0 Å². The molecule has 0 bridgehead atoms. The minimum atomic E-state index is -0.980. The van der Waals surface area contributed by atoms with Crippen LogP contribution in [0.25, 0.3) is 10.8 Å². The molecular weight excluding hydrogens is 476 g/mol. The van der Waals surface area contributed by atoms with Crippen LogP contribution in [0.15, 0.2) is 79.4 Å². The summed E-state index contributed by atoms with van der Waals surface area (Å²) in [6, 6.07) is 21.4. The summed E-state index contributed by atoms with van der Waals surface area (Å²) < 4.78 is 5.41. The molecule has 5 rings (SSSR count). The summed E-state index contributed by atoms with van der Waals surface area (Å²) in [5.74, 6) is 0.0833. The Bertz CT molecular complexity index is 1370. The molecule has 1 aliphatic heterocycles. The minimum Gasteiger partial charge on any atom is -0.427 e. The van der Waals surface area contributed by atoms with Gasteiger partial charge in [0.05, 0.1) is 5.60 Å². The molecule has 0 radical (unpaired) electrons. The molecule has 2 aliphatic rings. The maximum Gasteiger partial charge on any atom is 0.308 e. The molecule has 1 aliphatic carbocycles. The summed E-state index contributed by atoms with van der Waals surface area (Å²) in [4.78, 5) is 29.4. The van der Waals surface area contributed by atoms with Crippen molar-refractivity contribution >= 4 is 22.6 Å². The highest BCUT2D eigenvalue weighted by atomic mass is 16.5. The second kappa shape index (κ2) is 10.4. The van der Waals surface area contributed by atoms with Crippen molar-refractivity contribution in [2.75, 3.05) is 26.7 Å². The van der Waals surface area contributed by atoms with Crippen molar-refractivity contribution in [1.29, 1.82) is 0 Å². The summed E-state index contributed by atoms with van der Waals surface area (Å²) in [7, 11) is 1.88. The van der Waals surface area contributed by atoms with Gasteiger partial charge in [0.25, 0.3) is 5.91 Å². The first-order valence-corrected chi connectivity index (χ1v) is 13.4. The lowest BCUT2D eigenvalue weighted by molar-refractivity contribution is -0.132. The molecule has 3 aromatic rings. The first-order valence-electron chi connectivity index (χ1n) is 13.4. The van der Waals surface area contributed by atoms with Gasteiger partial charge in [0.2, 0.25) is 0 Å². The standard InChI is InChI=1S/C32H36N2O4/c1-4-17-34-18-16-31(27-10-7-11-29(20-27)38-23(2)35)21-28(14-15-32(31,37)22-34)33(3)30(36)26-13-12-24-8-5-6-9-25(24)19-26/h4-13,19-20,28,37H,1,14-18,21-22H2,2-3H3/t28-,31-,32-/m0/s1. The molecular formula is C32H36N2O4. The summed E-state index contributed by atoms with van der Waals surface area (Å²) >= 11 is 0. The Morgan fingerprint density at radius 2 is 1.89 bits per heavy atom. The fourth-order valence-corrected chi connectivity index (χ4v) is 6.62. The number of hydrogen-bond acceptors (Lipinski definition) is 5.